The first-order valence-electron chi connectivity index (χ1n) is 6.42. The molecule has 1 unspecified atom stereocenters. The average molecular weight is 282 g/mol. The van der Waals surface area contributed by atoms with Crippen LogP contribution in [0.1, 0.15) is 18.5 Å². The van der Waals surface area contributed by atoms with Gasteiger partial charge in [-0.05, 0) is 24.6 Å². The van der Waals surface area contributed by atoms with Crippen LogP contribution in [-0.4, -0.2) is 40.2 Å². The predicted octanol–water partition coefficient (Wildman–Crippen LogP) is 1.68. The van der Waals surface area contributed by atoms with Crippen molar-refractivity contribution in [2.24, 2.45) is 0 Å². The predicted molar refractivity (Wildman–Crippen MR) is 75.8 cm³/mol. The summed E-state index contributed by atoms with van der Waals surface area (Å²) in [4.78, 5) is 11.6. The summed E-state index contributed by atoms with van der Waals surface area (Å²) in [7, 11) is 3.22. The van der Waals surface area contributed by atoms with Gasteiger partial charge in [0.05, 0.1) is 26.4 Å². The van der Waals surface area contributed by atoms with Crippen molar-refractivity contribution in [3.05, 3.63) is 29.8 Å². The molecule has 0 heterocycles. The van der Waals surface area contributed by atoms with Crippen molar-refractivity contribution in [1.82, 2.24) is 10.6 Å². The van der Waals surface area contributed by atoms with Crippen molar-refractivity contribution in [2.75, 3.05) is 34.2 Å². The number of methoxy groups -OCH3 is 2. The average Bonchev–Trinajstić information content (AvgIpc) is 2.47. The maximum Gasteiger partial charge on any atom is 0.317 e. The Kier molecular flexibility index (Phi) is 7.46. The van der Waals surface area contributed by atoms with Gasteiger partial charge in [0.15, 0.2) is 0 Å². The summed E-state index contributed by atoms with van der Waals surface area (Å²) in [5, 5.41) is 5.43. The van der Waals surface area contributed by atoms with E-state index in [0.29, 0.717) is 13.2 Å². The zero-order valence-corrected chi connectivity index (χ0v) is 12.1. The summed E-state index contributed by atoms with van der Waals surface area (Å²) < 4.78 is 15.1. The monoisotopic (exact) mass is 282 g/mol. The highest BCUT2D eigenvalue weighted by Gasteiger charge is 2.08. The summed E-state index contributed by atoms with van der Waals surface area (Å²) >= 11 is 0. The molecule has 0 aliphatic carbocycles. The van der Waals surface area contributed by atoms with Crippen molar-refractivity contribution in [3.63, 3.8) is 0 Å². The van der Waals surface area contributed by atoms with E-state index in [2.05, 4.69) is 10.6 Å². The van der Waals surface area contributed by atoms with Gasteiger partial charge in [-0.2, -0.15) is 0 Å². The minimum Gasteiger partial charge on any atom is -0.497 e. The van der Waals surface area contributed by atoms with Crippen LogP contribution in [0, 0.1) is 0 Å². The second kappa shape index (κ2) is 9.17. The molecule has 0 spiro atoms. The lowest BCUT2D eigenvalue weighted by Gasteiger charge is -2.15. The molecule has 0 saturated carbocycles. The number of carbonyl (C=O) groups excluding carboxylic acids is 1. The highest BCUT2D eigenvalue weighted by atomic mass is 16.5. The van der Waals surface area contributed by atoms with Gasteiger partial charge in [-0.25, -0.2) is 4.79 Å². The molecule has 0 saturated heterocycles. The Morgan fingerprint density at radius 1 is 1.20 bits per heavy atom. The molecule has 2 N–H and O–H groups in total. The third-order valence-electron chi connectivity index (χ3n) is 2.73. The van der Waals surface area contributed by atoms with Gasteiger partial charge >= 0.3 is 6.03 Å². The van der Waals surface area contributed by atoms with E-state index in [1.807, 2.05) is 31.2 Å². The first-order valence-corrected chi connectivity index (χ1v) is 6.42. The normalized spacial score (nSPS) is 11.8. The summed E-state index contributed by atoms with van der Waals surface area (Å²) in [5.74, 6) is 0.789. The highest BCUT2D eigenvalue weighted by Crippen LogP contribution is 2.16. The lowest BCUT2D eigenvalue weighted by molar-refractivity contribution is 0.0641. The van der Waals surface area contributed by atoms with Crippen LogP contribution in [0.5, 0.6) is 5.75 Å². The van der Waals surface area contributed by atoms with Crippen LogP contribution in [0.2, 0.25) is 0 Å². The number of ether oxygens (including phenoxy) is 3. The third-order valence-corrected chi connectivity index (χ3v) is 2.73. The summed E-state index contributed by atoms with van der Waals surface area (Å²) in [6.45, 7) is 3.02. The maximum atomic E-state index is 11.6. The fourth-order valence-electron chi connectivity index (χ4n) is 1.55. The summed E-state index contributed by atoms with van der Waals surface area (Å²) in [5.41, 5.74) is 1.00. The van der Waals surface area contributed by atoms with Gasteiger partial charge in [0, 0.05) is 7.11 Å². The van der Waals surface area contributed by atoms with Gasteiger partial charge in [0.2, 0.25) is 0 Å². The number of hydrogen-bond donors (Lipinski definition) is 2. The molecule has 1 aromatic carbocycles. The van der Waals surface area contributed by atoms with Crippen molar-refractivity contribution in [3.8, 4) is 5.75 Å². The molecular weight excluding hydrogens is 260 g/mol. The molecule has 6 heteroatoms. The van der Waals surface area contributed by atoms with E-state index in [-0.39, 0.29) is 18.8 Å². The second-order valence-electron chi connectivity index (χ2n) is 4.19. The lowest BCUT2D eigenvalue weighted by Crippen LogP contribution is -2.38. The molecule has 6 nitrogen and oxygen atoms in total. The third kappa shape index (κ3) is 5.90. The van der Waals surface area contributed by atoms with Crippen LogP contribution < -0.4 is 15.4 Å². The topological polar surface area (TPSA) is 68.8 Å². The smallest absolute Gasteiger partial charge is 0.317 e. The summed E-state index contributed by atoms with van der Waals surface area (Å²) in [6, 6.07) is 7.18. The molecule has 112 valence electrons. The van der Waals surface area contributed by atoms with E-state index in [1.165, 1.54) is 0 Å². The summed E-state index contributed by atoms with van der Waals surface area (Å²) in [6.07, 6.45) is 0. The van der Waals surface area contributed by atoms with Crippen LogP contribution in [-0.2, 0) is 9.47 Å². The fourth-order valence-corrected chi connectivity index (χ4v) is 1.55. The molecule has 2 amide bonds. The van der Waals surface area contributed by atoms with Crippen molar-refractivity contribution < 1.29 is 19.0 Å². The molecule has 20 heavy (non-hydrogen) atoms. The van der Waals surface area contributed by atoms with E-state index in [4.69, 9.17) is 14.2 Å². The van der Waals surface area contributed by atoms with Crippen molar-refractivity contribution >= 4 is 6.03 Å². The van der Waals surface area contributed by atoms with Crippen LogP contribution in [0.25, 0.3) is 0 Å². The molecular formula is C14H22N2O4. The number of nitrogens with one attached hydrogen (secondary N) is 2. The van der Waals surface area contributed by atoms with E-state index >= 15 is 0 Å². The van der Waals surface area contributed by atoms with Crippen molar-refractivity contribution in [1.29, 1.82) is 0 Å². The van der Waals surface area contributed by atoms with Crippen LogP contribution >= 0.6 is 0 Å². The van der Waals surface area contributed by atoms with E-state index in [1.54, 1.807) is 14.2 Å². The SMILES string of the molecule is COCCOCNC(=O)NC(C)c1ccc(OC)cc1. The number of carbonyl (C=O) groups is 1. The van der Waals surface area contributed by atoms with Gasteiger partial charge < -0.3 is 24.8 Å². The molecule has 0 aromatic heterocycles. The number of benzene rings is 1. The number of rotatable bonds is 8. The van der Waals surface area contributed by atoms with Gasteiger partial charge in [-0.3, -0.25) is 0 Å². The van der Waals surface area contributed by atoms with Crippen LogP contribution in [0.3, 0.4) is 0 Å². The van der Waals surface area contributed by atoms with E-state index < -0.39 is 0 Å². The number of amides is 2. The minimum atomic E-state index is -0.272. The molecule has 1 rings (SSSR count). The van der Waals surface area contributed by atoms with E-state index in [9.17, 15) is 4.79 Å². The maximum absolute atomic E-state index is 11.6. The molecule has 0 radical (unpaired) electrons. The zero-order chi connectivity index (χ0) is 14.8. The first kappa shape index (κ1) is 16.3. The van der Waals surface area contributed by atoms with Crippen LogP contribution in [0.15, 0.2) is 24.3 Å². The minimum absolute atomic E-state index is 0.0973. The van der Waals surface area contributed by atoms with Crippen molar-refractivity contribution in [2.45, 2.75) is 13.0 Å². The Morgan fingerprint density at radius 2 is 1.90 bits per heavy atom. The Labute approximate surface area is 119 Å². The molecule has 0 bridgehead atoms. The number of urea groups is 1. The molecule has 0 aliphatic heterocycles. The second-order valence-corrected chi connectivity index (χ2v) is 4.19. The Balaban J connectivity index is 2.29. The molecule has 1 aromatic rings. The quantitative estimate of drug-likeness (QED) is 0.562. The standard InChI is InChI=1S/C14H22N2O4/c1-11(12-4-6-13(19-3)7-5-12)16-14(17)15-10-20-9-8-18-2/h4-7,11H,8-10H2,1-3H3,(H2,15,16,17). The fraction of sp³-hybridized carbons (Fsp3) is 0.500. The highest BCUT2D eigenvalue weighted by molar-refractivity contribution is 5.74. The zero-order valence-electron chi connectivity index (χ0n) is 12.1. The Bertz CT molecular complexity index is 395. The van der Waals surface area contributed by atoms with Gasteiger partial charge in [0.25, 0.3) is 0 Å². The molecule has 0 fully saturated rings. The Hall–Kier alpha value is -1.79. The van der Waals surface area contributed by atoms with Gasteiger partial charge in [-0.15, -0.1) is 0 Å². The van der Waals surface area contributed by atoms with Gasteiger partial charge in [0.1, 0.15) is 12.5 Å². The van der Waals surface area contributed by atoms with E-state index in [0.717, 1.165) is 11.3 Å². The largest absolute Gasteiger partial charge is 0.497 e. The lowest BCUT2D eigenvalue weighted by atomic mass is 10.1. The molecule has 1 atom stereocenters. The Morgan fingerprint density at radius 3 is 2.50 bits per heavy atom. The molecule has 0 aliphatic rings. The van der Waals surface area contributed by atoms with Gasteiger partial charge in [-0.1, -0.05) is 12.1 Å². The van der Waals surface area contributed by atoms with Crippen LogP contribution in [0.4, 0.5) is 4.79 Å². The first-order chi connectivity index (χ1) is 9.67. The number of hydrogen-bond acceptors (Lipinski definition) is 4.